The van der Waals surface area contributed by atoms with Crippen LogP contribution in [0.25, 0.3) is 0 Å². The number of esters is 2. The molecule has 5 nitrogen and oxygen atoms in total. The van der Waals surface area contributed by atoms with Crippen molar-refractivity contribution in [3.8, 4) is 0 Å². The summed E-state index contributed by atoms with van der Waals surface area (Å²) in [6.45, 7) is 3.33. The van der Waals surface area contributed by atoms with E-state index in [-0.39, 0.29) is 31.3 Å². The van der Waals surface area contributed by atoms with Crippen LogP contribution in [-0.4, -0.2) is 23.0 Å². The fourth-order valence-electron chi connectivity index (χ4n) is 1.54. The van der Waals surface area contributed by atoms with Gasteiger partial charge in [-0.25, -0.2) is 9.18 Å². The first-order chi connectivity index (χ1) is 9.88. The number of carboxylic acid groups (broad SMARTS) is 1. The van der Waals surface area contributed by atoms with Crippen LogP contribution in [0.2, 0.25) is 0 Å². The van der Waals surface area contributed by atoms with E-state index in [4.69, 9.17) is 5.11 Å². The third-order valence-electron chi connectivity index (χ3n) is 2.65. The highest BCUT2D eigenvalue weighted by atomic mass is 19.1. The predicted octanol–water partition coefficient (Wildman–Crippen LogP) is 2.25. The molecular formula is C15H15FO5. The van der Waals surface area contributed by atoms with E-state index in [1.165, 1.54) is 24.3 Å². The van der Waals surface area contributed by atoms with E-state index in [0.29, 0.717) is 5.56 Å². The second-order valence-corrected chi connectivity index (χ2v) is 4.41. The summed E-state index contributed by atoms with van der Waals surface area (Å²) in [5.41, 5.74) is 0.536. The number of rotatable bonds is 7. The minimum atomic E-state index is -1.12. The summed E-state index contributed by atoms with van der Waals surface area (Å²) in [5.74, 6) is -2.98. The predicted molar refractivity (Wildman–Crippen MR) is 71.8 cm³/mol. The molecule has 0 unspecified atom stereocenters. The van der Waals surface area contributed by atoms with Crippen molar-refractivity contribution in [1.29, 1.82) is 0 Å². The molecule has 0 fully saturated rings. The lowest BCUT2D eigenvalue weighted by Gasteiger charge is -2.04. The number of hydrogen-bond acceptors (Lipinski definition) is 4. The lowest BCUT2D eigenvalue weighted by Crippen LogP contribution is -2.14. The molecule has 1 N–H and O–H groups in total. The van der Waals surface area contributed by atoms with Gasteiger partial charge in [0, 0.05) is 12.0 Å². The Morgan fingerprint density at radius 1 is 1.10 bits per heavy atom. The number of carbonyl (C=O) groups is 3. The lowest BCUT2D eigenvalue weighted by molar-refractivity contribution is -0.159. The van der Waals surface area contributed by atoms with Crippen molar-refractivity contribution in [2.75, 3.05) is 0 Å². The second kappa shape index (κ2) is 7.94. The van der Waals surface area contributed by atoms with E-state index < -0.39 is 23.7 Å². The Morgan fingerprint density at radius 3 is 2.29 bits per heavy atom. The highest BCUT2D eigenvalue weighted by Crippen LogP contribution is 2.08. The largest absolute Gasteiger partial charge is 0.478 e. The number of carboxylic acids is 1. The van der Waals surface area contributed by atoms with Crippen LogP contribution < -0.4 is 0 Å². The van der Waals surface area contributed by atoms with Crippen molar-refractivity contribution >= 4 is 17.9 Å². The Bertz CT molecular complexity index is 548. The number of aliphatic carboxylic acids is 1. The molecule has 0 aliphatic rings. The first-order valence-corrected chi connectivity index (χ1v) is 6.27. The maximum atomic E-state index is 12.7. The average molecular weight is 294 g/mol. The van der Waals surface area contributed by atoms with Crippen LogP contribution in [0.3, 0.4) is 0 Å². The molecule has 0 atom stereocenters. The fourth-order valence-corrected chi connectivity index (χ4v) is 1.54. The summed E-state index contributed by atoms with van der Waals surface area (Å²) in [6.07, 6.45) is 0.194. The third-order valence-corrected chi connectivity index (χ3v) is 2.65. The SMILES string of the molecule is C=C(CCCC(=O)OC(=O)Cc1ccc(F)cc1)C(=O)O. The standard InChI is InChI=1S/C15H15FO5/c1-10(15(19)20)3-2-4-13(17)21-14(18)9-11-5-7-12(16)8-6-11/h5-8H,1-4,9H2,(H,19,20). The van der Waals surface area contributed by atoms with E-state index in [0.717, 1.165) is 0 Å². The Hall–Kier alpha value is -2.50. The van der Waals surface area contributed by atoms with Gasteiger partial charge in [0.05, 0.1) is 6.42 Å². The van der Waals surface area contributed by atoms with E-state index in [2.05, 4.69) is 11.3 Å². The lowest BCUT2D eigenvalue weighted by atomic mass is 10.1. The zero-order valence-corrected chi connectivity index (χ0v) is 11.3. The first-order valence-electron chi connectivity index (χ1n) is 6.27. The van der Waals surface area contributed by atoms with Gasteiger partial charge in [0.1, 0.15) is 5.82 Å². The van der Waals surface area contributed by atoms with Crippen molar-refractivity contribution in [3.63, 3.8) is 0 Å². The minimum Gasteiger partial charge on any atom is -0.478 e. The topological polar surface area (TPSA) is 80.7 Å². The van der Waals surface area contributed by atoms with Crippen LogP contribution >= 0.6 is 0 Å². The molecule has 0 aliphatic carbocycles. The molecule has 0 aliphatic heterocycles. The maximum Gasteiger partial charge on any atom is 0.330 e. The number of carbonyl (C=O) groups excluding carboxylic acids is 2. The van der Waals surface area contributed by atoms with Crippen molar-refractivity contribution < 1.29 is 28.6 Å². The summed E-state index contributed by atoms with van der Waals surface area (Å²) < 4.78 is 17.3. The van der Waals surface area contributed by atoms with Crippen molar-refractivity contribution in [2.24, 2.45) is 0 Å². The van der Waals surface area contributed by atoms with Crippen LogP contribution in [-0.2, 0) is 25.5 Å². The van der Waals surface area contributed by atoms with Crippen LogP contribution in [0.4, 0.5) is 4.39 Å². The molecular weight excluding hydrogens is 279 g/mol. The molecule has 21 heavy (non-hydrogen) atoms. The molecule has 1 aromatic carbocycles. The Kier molecular flexibility index (Phi) is 6.26. The third kappa shape index (κ3) is 6.47. The molecule has 0 heterocycles. The summed E-state index contributed by atoms with van der Waals surface area (Å²) >= 11 is 0. The molecule has 112 valence electrons. The Balaban J connectivity index is 2.30. The smallest absolute Gasteiger partial charge is 0.330 e. The van der Waals surface area contributed by atoms with Gasteiger partial charge >= 0.3 is 17.9 Å². The molecule has 0 saturated carbocycles. The second-order valence-electron chi connectivity index (χ2n) is 4.41. The monoisotopic (exact) mass is 294 g/mol. The van der Waals surface area contributed by atoms with Gasteiger partial charge in [-0.3, -0.25) is 9.59 Å². The molecule has 0 aromatic heterocycles. The van der Waals surface area contributed by atoms with Gasteiger partial charge in [0.15, 0.2) is 0 Å². The van der Waals surface area contributed by atoms with Crippen LogP contribution in [0.5, 0.6) is 0 Å². The quantitative estimate of drug-likeness (QED) is 0.474. The molecule has 0 radical (unpaired) electrons. The average Bonchev–Trinajstić information content (AvgIpc) is 2.41. The van der Waals surface area contributed by atoms with Gasteiger partial charge in [-0.05, 0) is 30.5 Å². The first kappa shape index (κ1) is 16.6. The fraction of sp³-hybridized carbons (Fsp3) is 0.267. The Morgan fingerprint density at radius 2 is 1.71 bits per heavy atom. The Labute approximate surface area is 121 Å². The summed E-state index contributed by atoms with van der Waals surface area (Å²) in [6, 6.07) is 5.28. The molecule has 0 bridgehead atoms. The minimum absolute atomic E-state index is 0.000406. The van der Waals surface area contributed by atoms with Gasteiger partial charge in [0.2, 0.25) is 0 Å². The zero-order chi connectivity index (χ0) is 15.8. The molecule has 6 heteroatoms. The molecule has 1 aromatic rings. The normalized spacial score (nSPS) is 9.95. The molecule has 0 amide bonds. The molecule has 0 spiro atoms. The zero-order valence-electron chi connectivity index (χ0n) is 11.3. The van der Waals surface area contributed by atoms with E-state index in [1.54, 1.807) is 0 Å². The van der Waals surface area contributed by atoms with Crippen LogP contribution in [0, 0.1) is 5.82 Å². The number of ether oxygens (including phenoxy) is 1. The highest BCUT2D eigenvalue weighted by Gasteiger charge is 2.12. The van der Waals surface area contributed by atoms with E-state index in [1.807, 2.05) is 0 Å². The van der Waals surface area contributed by atoms with Crippen molar-refractivity contribution in [1.82, 2.24) is 0 Å². The molecule has 0 saturated heterocycles. The maximum absolute atomic E-state index is 12.7. The number of hydrogen-bond donors (Lipinski definition) is 1. The van der Waals surface area contributed by atoms with Gasteiger partial charge in [-0.15, -0.1) is 0 Å². The summed E-state index contributed by atoms with van der Waals surface area (Å²) in [7, 11) is 0. The van der Waals surface area contributed by atoms with Gasteiger partial charge < -0.3 is 9.84 Å². The van der Waals surface area contributed by atoms with Crippen molar-refractivity contribution in [3.05, 3.63) is 47.8 Å². The summed E-state index contributed by atoms with van der Waals surface area (Å²) in [4.78, 5) is 33.3. The molecule has 1 rings (SSSR count). The highest BCUT2D eigenvalue weighted by molar-refractivity contribution is 5.87. The van der Waals surface area contributed by atoms with Crippen molar-refractivity contribution in [2.45, 2.75) is 25.7 Å². The van der Waals surface area contributed by atoms with E-state index >= 15 is 0 Å². The van der Waals surface area contributed by atoms with Crippen LogP contribution in [0.15, 0.2) is 36.4 Å². The summed E-state index contributed by atoms with van der Waals surface area (Å²) in [5, 5.41) is 8.58. The van der Waals surface area contributed by atoms with Gasteiger partial charge in [0.25, 0.3) is 0 Å². The van der Waals surface area contributed by atoms with E-state index in [9.17, 15) is 18.8 Å². The number of halogens is 1. The van der Waals surface area contributed by atoms with Crippen LogP contribution in [0.1, 0.15) is 24.8 Å². The number of benzene rings is 1. The van der Waals surface area contributed by atoms with Gasteiger partial charge in [-0.2, -0.15) is 0 Å². The van der Waals surface area contributed by atoms with Gasteiger partial charge in [-0.1, -0.05) is 18.7 Å².